The van der Waals surface area contributed by atoms with E-state index in [9.17, 15) is 0 Å². The maximum absolute atomic E-state index is 6.81. The van der Waals surface area contributed by atoms with Crippen LogP contribution in [0, 0.1) is 0 Å². The summed E-state index contributed by atoms with van der Waals surface area (Å²) in [6.07, 6.45) is 0. The Balaban J connectivity index is 1.25. The van der Waals surface area contributed by atoms with Crippen molar-refractivity contribution in [1.29, 1.82) is 0 Å². The lowest BCUT2D eigenvalue weighted by atomic mass is 9.97. The first kappa shape index (κ1) is 24.8. The van der Waals surface area contributed by atoms with Gasteiger partial charge in [0.05, 0.1) is 16.7 Å². The predicted octanol–water partition coefficient (Wildman–Crippen LogP) is 12.4. The van der Waals surface area contributed by atoms with Crippen molar-refractivity contribution in [2.24, 2.45) is 0 Å². The Morgan fingerprint density at radius 2 is 1.18 bits per heavy atom. The van der Waals surface area contributed by atoms with Gasteiger partial charge in [-0.15, -0.1) is 11.3 Å². The molecule has 0 unspecified atom stereocenters. The largest absolute Gasteiger partial charge is 0.454 e. The van der Waals surface area contributed by atoms with Gasteiger partial charge in [0.2, 0.25) is 0 Å². The fourth-order valence-corrected chi connectivity index (χ4v) is 8.47. The molecule has 0 bridgehead atoms. The van der Waals surface area contributed by atoms with Gasteiger partial charge in [-0.2, -0.15) is 0 Å². The van der Waals surface area contributed by atoms with E-state index in [2.05, 4.69) is 156 Å². The first-order chi connectivity index (χ1) is 22.3. The lowest BCUT2D eigenvalue weighted by Crippen LogP contribution is -1.94. The fourth-order valence-electron chi connectivity index (χ4n) is 7.24. The SMILES string of the molecule is c1ccc(-c2ccc3c(c2)c2ccccc2n3-c2cccc3c2oc2cccc(-c4cccc5c4sc4ccccc45)c23)cc1. The zero-order chi connectivity index (χ0) is 29.5. The van der Waals surface area contributed by atoms with Crippen molar-refractivity contribution in [3.05, 3.63) is 152 Å². The van der Waals surface area contributed by atoms with E-state index in [1.165, 1.54) is 64.2 Å². The number of thiophene rings is 1. The monoisotopic (exact) mass is 591 g/mol. The molecule has 0 fully saturated rings. The second-order valence-corrected chi connectivity index (χ2v) is 12.7. The van der Waals surface area contributed by atoms with E-state index in [0.29, 0.717) is 0 Å². The van der Waals surface area contributed by atoms with Crippen LogP contribution in [0.3, 0.4) is 0 Å². The van der Waals surface area contributed by atoms with Crippen molar-refractivity contribution in [2.45, 2.75) is 0 Å². The lowest BCUT2D eigenvalue weighted by molar-refractivity contribution is 0.666. The molecule has 210 valence electrons. The van der Waals surface area contributed by atoms with Crippen molar-refractivity contribution in [3.8, 4) is 27.9 Å². The maximum atomic E-state index is 6.81. The molecule has 7 aromatic carbocycles. The van der Waals surface area contributed by atoms with Gasteiger partial charge in [-0.3, -0.25) is 0 Å². The number of fused-ring (bicyclic) bond motifs is 9. The van der Waals surface area contributed by atoms with Crippen LogP contribution in [0.15, 0.2) is 156 Å². The van der Waals surface area contributed by atoms with E-state index in [0.717, 1.165) is 27.6 Å². The second kappa shape index (κ2) is 9.43. The van der Waals surface area contributed by atoms with Crippen molar-refractivity contribution < 1.29 is 4.42 Å². The number of hydrogen-bond donors (Lipinski definition) is 0. The number of nitrogens with zero attached hydrogens (tertiary/aromatic N) is 1. The average Bonchev–Trinajstić information content (AvgIpc) is 3.78. The second-order valence-electron chi connectivity index (χ2n) is 11.7. The van der Waals surface area contributed by atoms with Gasteiger partial charge in [0.1, 0.15) is 5.58 Å². The summed E-state index contributed by atoms with van der Waals surface area (Å²) in [4.78, 5) is 0. The maximum Gasteiger partial charge on any atom is 0.159 e. The minimum Gasteiger partial charge on any atom is -0.454 e. The molecule has 2 nitrogen and oxygen atoms in total. The number of benzene rings is 7. The molecule has 0 amide bonds. The van der Waals surface area contributed by atoms with Gasteiger partial charge < -0.3 is 8.98 Å². The van der Waals surface area contributed by atoms with Crippen LogP contribution < -0.4 is 0 Å². The minimum atomic E-state index is 0.901. The van der Waals surface area contributed by atoms with Crippen LogP contribution in [-0.2, 0) is 0 Å². The number of rotatable bonds is 3. The molecule has 10 aromatic rings. The van der Waals surface area contributed by atoms with E-state index in [4.69, 9.17) is 4.42 Å². The third kappa shape index (κ3) is 3.56. The molecule has 0 radical (unpaired) electrons. The number of aromatic nitrogens is 1. The van der Waals surface area contributed by atoms with E-state index in [-0.39, 0.29) is 0 Å². The topological polar surface area (TPSA) is 18.1 Å². The van der Waals surface area contributed by atoms with Crippen LogP contribution in [0.4, 0.5) is 0 Å². The van der Waals surface area contributed by atoms with E-state index < -0.39 is 0 Å². The van der Waals surface area contributed by atoms with Crippen molar-refractivity contribution in [3.63, 3.8) is 0 Å². The van der Waals surface area contributed by atoms with Gasteiger partial charge in [0.15, 0.2) is 5.58 Å². The summed E-state index contributed by atoms with van der Waals surface area (Å²) in [6.45, 7) is 0. The van der Waals surface area contributed by atoms with Crippen molar-refractivity contribution in [1.82, 2.24) is 4.57 Å². The smallest absolute Gasteiger partial charge is 0.159 e. The van der Waals surface area contributed by atoms with Crippen molar-refractivity contribution in [2.75, 3.05) is 0 Å². The summed E-state index contributed by atoms with van der Waals surface area (Å²) in [7, 11) is 0. The number of furan rings is 1. The van der Waals surface area contributed by atoms with Gasteiger partial charge in [0, 0.05) is 47.3 Å². The Morgan fingerprint density at radius 1 is 0.467 bits per heavy atom. The Hall–Kier alpha value is -5.64. The summed E-state index contributed by atoms with van der Waals surface area (Å²) in [6, 6.07) is 54.5. The first-order valence-electron chi connectivity index (χ1n) is 15.3. The molecule has 10 rings (SSSR count). The van der Waals surface area contributed by atoms with E-state index in [1.54, 1.807) is 0 Å². The Labute approximate surface area is 263 Å². The molecule has 0 spiro atoms. The van der Waals surface area contributed by atoms with Gasteiger partial charge in [-0.25, -0.2) is 0 Å². The van der Waals surface area contributed by atoms with Crippen LogP contribution in [0.5, 0.6) is 0 Å². The van der Waals surface area contributed by atoms with Crippen LogP contribution in [0.2, 0.25) is 0 Å². The van der Waals surface area contributed by atoms with Gasteiger partial charge >= 0.3 is 0 Å². The number of hydrogen-bond acceptors (Lipinski definition) is 2. The van der Waals surface area contributed by atoms with E-state index >= 15 is 0 Å². The normalized spacial score (nSPS) is 12.0. The van der Waals surface area contributed by atoms with E-state index in [1.807, 2.05) is 11.3 Å². The molecule has 0 aliphatic carbocycles. The molecule has 3 heterocycles. The highest BCUT2D eigenvalue weighted by atomic mass is 32.1. The third-order valence-electron chi connectivity index (χ3n) is 9.22. The first-order valence-corrected chi connectivity index (χ1v) is 16.1. The minimum absolute atomic E-state index is 0.901. The highest BCUT2D eigenvalue weighted by Crippen LogP contribution is 2.45. The summed E-state index contributed by atoms with van der Waals surface area (Å²) in [5, 5.41) is 7.37. The fraction of sp³-hybridized carbons (Fsp3) is 0. The highest BCUT2D eigenvalue weighted by Gasteiger charge is 2.20. The molecular formula is C42H25NOS. The van der Waals surface area contributed by atoms with Crippen LogP contribution in [0.1, 0.15) is 0 Å². The summed E-state index contributed by atoms with van der Waals surface area (Å²) >= 11 is 1.87. The third-order valence-corrected chi connectivity index (χ3v) is 10.4. The summed E-state index contributed by atoms with van der Waals surface area (Å²) in [5.41, 5.74) is 10.1. The summed E-state index contributed by atoms with van der Waals surface area (Å²) in [5.74, 6) is 0. The predicted molar refractivity (Wildman–Crippen MR) is 192 cm³/mol. The zero-order valence-electron chi connectivity index (χ0n) is 24.2. The zero-order valence-corrected chi connectivity index (χ0v) is 25.0. The Kier molecular flexibility index (Phi) is 5.19. The molecule has 0 saturated heterocycles. The quantitative estimate of drug-likeness (QED) is 0.200. The van der Waals surface area contributed by atoms with Gasteiger partial charge in [-0.1, -0.05) is 115 Å². The molecule has 0 atom stereocenters. The average molecular weight is 592 g/mol. The highest BCUT2D eigenvalue weighted by molar-refractivity contribution is 7.26. The molecule has 3 heteroatoms. The molecule has 3 aromatic heterocycles. The lowest BCUT2D eigenvalue weighted by Gasteiger charge is -2.09. The van der Waals surface area contributed by atoms with Gasteiger partial charge in [-0.05, 0) is 53.1 Å². The molecule has 0 saturated carbocycles. The molecule has 45 heavy (non-hydrogen) atoms. The van der Waals surface area contributed by atoms with Crippen LogP contribution in [-0.4, -0.2) is 4.57 Å². The number of para-hydroxylation sites is 2. The molecule has 0 aliphatic heterocycles. The van der Waals surface area contributed by atoms with Gasteiger partial charge in [0.25, 0.3) is 0 Å². The Morgan fingerprint density at radius 3 is 2.11 bits per heavy atom. The summed E-state index contributed by atoms with van der Waals surface area (Å²) < 4.78 is 11.8. The molecular weight excluding hydrogens is 567 g/mol. The Bertz CT molecular complexity index is 2760. The van der Waals surface area contributed by atoms with Crippen LogP contribution >= 0.6 is 11.3 Å². The molecule has 0 aliphatic rings. The van der Waals surface area contributed by atoms with Crippen molar-refractivity contribution >= 4 is 75.3 Å². The molecule has 0 N–H and O–H groups in total. The van der Waals surface area contributed by atoms with Crippen LogP contribution in [0.25, 0.3) is 91.9 Å². The standard InChI is InChI=1S/C42H25NOS/c1-2-11-26(12-3-1)27-23-24-36-34(25-27)28-13-4-6-19-35(28)43(36)37-20-9-18-33-40-30(15-10-21-38(40)44-41(33)37)32-17-8-16-31-29-14-5-7-22-39(29)45-42(31)32/h1-25H.